The molecule has 28 heavy (non-hydrogen) atoms. The molecule has 158 valence electrons. The molecule has 0 aromatic heterocycles. The van der Waals surface area contributed by atoms with Crippen LogP contribution in [0.1, 0.15) is 70.8 Å². The van der Waals surface area contributed by atoms with Crippen LogP contribution >= 0.6 is 0 Å². The average molecular weight is 412 g/mol. The first kappa shape index (κ1) is 22.7. The van der Waals surface area contributed by atoms with Crippen LogP contribution in [0.3, 0.4) is 0 Å². The predicted molar refractivity (Wildman–Crippen MR) is 109 cm³/mol. The Balaban J connectivity index is 1.98. The number of benzene rings is 1. The maximum Gasteiger partial charge on any atom is 0.407 e. The summed E-state index contributed by atoms with van der Waals surface area (Å²) in [6.07, 6.45) is 5.52. The molecule has 0 spiro atoms. The lowest BCUT2D eigenvalue weighted by atomic mass is 9.98. The first-order valence-electron chi connectivity index (χ1n) is 10.4. The second kappa shape index (κ2) is 11.4. The number of carbonyl (C=O) groups is 1. The zero-order valence-electron chi connectivity index (χ0n) is 16.9. The Hall–Kier alpha value is -1.60. The number of nitrogens with one attached hydrogen (secondary N) is 1. The highest BCUT2D eigenvalue weighted by Gasteiger charge is 2.36. The Morgan fingerprint density at radius 2 is 1.82 bits per heavy atom. The van der Waals surface area contributed by atoms with Crippen molar-refractivity contribution in [3.63, 3.8) is 0 Å². The third-order valence-electron chi connectivity index (χ3n) is 5.16. The standard InChI is InChI=1S/C21H33NO5S/c1-3-11-19(22-21(23)26-16-17-12-7-5-8-13-17)20(4-2)28(24,25)27-18-14-9-6-10-15-18/h5,7-8,12-13,18-20H,3-4,6,9-11,14-16H2,1-2H3,(H,22,23)/t19-,20-/m1/s1. The molecule has 0 radical (unpaired) electrons. The smallest absolute Gasteiger partial charge is 0.407 e. The number of alkyl carbamates (subject to hydrolysis) is 1. The highest BCUT2D eigenvalue weighted by atomic mass is 32.2. The Bertz CT molecular complexity index is 686. The molecule has 0 heterocycles. The van der Waals surface area contributed by atoms with Gasteiger partial charge in [0.15, 0.2) is 0 Å². The van der Waals surface area contributed by atoms with Crippen molar-refractivity contribution in [3.05, 3.63) is 35.9 Å². The fraction of sp³-hybridized carbons (Fsp3) is 0.667. The minimum atomic E-state index is -3.78. The second-order valence-electron chi connectivity index (χ2n) is 7.40. The van der Waals surface area contributed by atoms with Gasteiger partial charge in [0.25, 0.3) is 10.1 Å². The van der Waals surface area contributed by atoms with E-state index < -0.39 is 27.5 Å². The molecule has 7 heteroatoms. The van der Waals surface area contributed by atoms with E-state index in [2.05, 4.69) is 5.32 Å². The maximum absolute atomic E-state index is 12.9. The van der Waals surface area contributed by atoms with E-state index in [0.717, 1.165) is 44.1 Å². The van der Waals surface area contributed by atoms with E-state index in [4.69, 9.17) is 8.92 Å². The average Bonchev–Trinajstić information content (AvgIpc) is 2.68. The van der Waals surface area contributed by atoms with Crippen LogP contribution in [0.2, 0.25) is 0 Å². The fourth-order valence-corrected chi connectivity index (χ4v) is 5.42. The number of hydrogen-bond acceptors (Lipinski definition) is 5. The van der Waals surface area contributed by atoms with Crippen molar-refractivity contribution in [1.29, 1.82) is 0 Å². The molecular formula is C21H33NO5S. The minimum absolute atomic E-state index is 0.146. The number of rotatable bonds is 10. The van der Waals surface area contributed by atoms with Crippen molar-refractivity contribution in [2.45, 2.75) is 89.2 Å². The highest BCUT2D eigenvalue weighted by Crippen LogP contribution is 2.25. The predicted octanol–water partition coefficient (Wildman–Crippen LogP) is 4.54. The van der Waals surface area contributed by atoms with Crippen LogP contribution in [-0.4, -0.2) is 31.9 Å². The Morgan fingerprint density at radius 3 is 2.43 bits per heavy atom. The van der Waals surface area contributed by atoms with E-state index in [1.807, 2.05) is 44.2 Å². The summed E-state index contributed by atoms with van der Waals surface area (Å²) in [5.74, 6) is 0. The van der Waals surface area contributed by atoms with Crippen molar-refractivity contribution >= 4 is 16.2 Å². The van der Waals surface area contributed by atoms with Crippen molar-refractivity contribution in [2.24, 2.45) is 0 Å². The minimum Gasteiger partial charge on any atom is -0.445 e. The van der Waals surface area contributed by atoms with E-state index in [-0.39, 0.29) is 12.7 Å². The van der Waals surface area contributed by atoms with Crippen molar-refractivity contribution in [1.82, 2.24) is 5.32 Å². The quantitative estimate of drug-likeness (QED) is 0.572. The van der Waals surface area contributed by atoms with Gasteiger partial charge in [-0.3, -0.25) is 4.18 Å². The second-order valence-corrected chi connectivity index (χ2v) is 9.18. The molecule has 1 aromatic carbocycles. The van der Waals surface area contributed by atoms with Crippen LogP contribution in [0.5, 0.6) is 0 Å². The molecule has 0 aliphatic heterocycles. The third-order valence-corrected chi connectivity index (χ3v) is 7.10. The molecule has 0 unspecified atom stereocenters. The van der Waals surface area contributed by atoms with Crippen LogP contribution in [0, 0.1) is 0 Å². The van der Waals surface area contributed by atoms with Gasteiger partial charge in [-0.2, -0.15) is 8.42 Å². The van der Waals surface area contributed by atoms with Gasteiger partial charge in [0, 0.05) is 0 Å². The summed E-state index contributed by atoms with van der Waals surface area (Å²) in [5.41, 5.74) is 0.880. The van der Waals surface area contributed by atoms with Gasteiger partial charge in [-0.05, 0) is 31.2 Å². The summed E-state index contributed by atoms with van der Waals surface area (Å²) in [4.78, 5) is 12.3. The molecule has 2 atom stereocenters. The first-order chi connectivity index (χ1) is 13.5. The van der Waals surface area contributed by atoms with Crippen LogP contribution in [0.25, 0.3) is 0 Å². The lowest BCUT2D eigenvalue weighted by molar-refractivity contribution is 0.133. The highest BCUT2D eigenvalue weighted by molar-refractivity contribution is 7.87. The van der Waals surface area contributed by atoms with E-state index in [1.54, 1.807) is 0 Å². The lowest BCUT2D eigenvalue weighted by Gasteiger charge is -2.29. The SMILES string of the molecule is CCC[C@@H](NC(=O)OCc1ccccc1)[C@@H](CC)S(=O)(=O)OC1CCCCC1. The van der Waals surface area contributed by atoms with Crippen molar-refractivity contribution < 1.29 is 22.1 Å². The Kier molecular flexibility index (Phi) is 9.25. The normalized spacial score (nSPS) is 17.6. The first-order valence-corrected chi connectivity index (χ1v) is 11.8. The summed E-state index contributed by atoms with van der Waals surface area (Å²) in [6.45, 7) is 3.92. The van der Waals surface area contributed by atoms with Gasteiger partial charge in [-0.1, -0.05) is 69.9 Å². The summed E-state index contributed by atoms with van der Waals surface area (Å²) >= 11 is 0. The number of carbonyl (C=O) groups excluding carboxylic acids is 1. The van der Waals surface area contributed by atoms with Crippen LogP contribution in [0.15, 0.2) is 30.3 Å². The molecule has 1 amide bonds. The summed E-state index contributed by atoms with van der Waals surface area (Å²) in [6, 6.07) is 8.84. The van der Waals surface area contributed by atoms with E-state index in [9.17, 15) is 13.2 Å². The number of ether oxygens (including phenoxy) is 1. The van der Waals surface area contributed by atoms with Gasteiger partial charge in [0.1, 0.15) is 11.9 Å². The molecule has 1 aliphatic rings. The molecule has 6 nitrogen and oxygen atoms in total. The van der Waals surface area contributed by atoms with Gasteiger partial charge in [0.05, 0.1) is 12.1 Å². The molecule has 0 saturated heterocycles. The zero-order chi connectivity index (χ0) is 20.4. The molecule has 1 fully saturated rings. The van der Waals surface area contributed by atoms with Crippen LogP contribution < -0.4 is 5.32 Å². The van der Waals surface area contributed by atoms with E-state index in [0.29, 0.717) is 12.8 Å². The van der Waals surface area contributed by atoms with E-state index >= 15 is 0 Å². The van der Waals surface area contributed by atoms with Crippen molar-refractivity contribution in [2.75, 3.05) is 0 Å². The monoisotopic (exact) mass is 411 g/mol. The summed E-state index contributed by atoms with van der Waals surface area (Å²) < 4.78 is 36.6. The third kappa shape index (κ3) is 7.09. The molecule has 1 saturated carbocycles. The molecule has 1 N–H and O–H groups in total. The largest absolute Gasteiger partial charge is 0.445 e. The Morgan fingerprint density at radius 1 is 1.14 bits per heavy atom. The summed E-state index contributed by atoms with van der Waals surface area (Å²) in [7, 11) is -3.78. The van der Waals surface area contributed by atoms with Crippen molar-refractivity contribution in [3.8, 4) is 0 Å². The maximum atomic E-state index is 12.9. The van der Waals surface area contributed by atoms with Gasteiger partial charge >= 0.3 is 6.09 Å². The van der Waals surface area contributed by atoms with Crippen LogP contribution in [-0.2, 0) is 25.6 Å². The lowest BCUT2D eigenvalue weighted by Crippen LogP contribution is -2.47. The van der Waals surface area contributed by atoms with Crippen LogP contribution in [0.4, 0.5) is 4.79 Å². The fourth-order valence-electron chi connectivity index (χ4n) is 3.69. The molecule has 1 aromatic rings. The van der Waals surface area contributed by atoms with E-state index in [1.165, 1.54) is 0 Å². The topological polar surface area (TPSA) is 81.7 Å². The molecule has 2 rings (SSSR count). The zero-order valence-corrected chi connectivity index (χ0v) is 17.7. The molecular weight excluding hydrogens is 378 g/mol. The van der Waals surface area contributed by atoms with Gasteiger partial charge < -0.3 is 10.1 Å². The number of hydrogen-bond donors (Lipinski definition) is 1. The summed E-state index contributed by atoms with van der Waals surface area (Å²) in [5, 5.41) is 1.98. The number of amides is 1. The van der Waals surface area contributed by atoms with Gasteiger partial charge in [0.2, 0.25) is 0 Å². The Labute approximate surface area is 169 Å². The van der Waals surface area contributed by atoms with Gasteiger partial charge in [-0.15, -0.1) is 0 Å². The molecule has 1 aliphatic carbocycles. The molecule has 0 bridgehead atoms. The van der Waals surface area contributed by atoms with Gasteiger partial charge in [-0.25, -0.2) is 4.79 Å².